The van der Waals surface area contributed by atoms with Crippen molar-refractivity contribution in [3.8, 4) is 10.7 Å². The number of rotatable bonds is 4. The van der Waals surface area contributed by atoms with Crippen LogP contribution in [-0.4, -0.2) is 41.2 Å². The normalized spacial score (nSPS) is 11.8. The maximum atomic E-state index is 10.6. The van der Waals surface area contributed by atoms with E-state index in [1.807, 2.05) is 7.05 Å². The summed E-state index contributed by atoms with van der Waals surface area (Å²) in [6, 6.07) is 0. The molecule has 7 nitrogen and oxygen atoms in total. The van der Waals surface area contributed by atoms with E-state index in [4.69, 9.17) is 5.11 Å². The molecule has 1 N–H and O–H groups in total. The molecule has 2 rings (SSSR count). The van der Waals surface area contributed by atoms with Gasteiger partial charge in [-0.1, -0.05) is 37.0 Å². The molecular weight excluding hydrogens is 298 g/mol. The van der Waals surface area contributed by atoms with Crippen LogP contribution in [0.3, 0.4) is 0 Å². The molecule has 0 unspecified atom stereocenters. The number of nitrogens with zero attached hydrogens (tertiary/aromatic N) is 5. The molecule has 9 heteroatoms. The summed E-state index contributed by atoms with van der Waals surface area (Å²) in [5, 5.41) is 21.6. The summed E-state index contributed by atoms with van der Waals surface area (Å²) in [6.45, 7) is 6.18. The highest BCUT2D eigenvalue weighted by Crippen LogP contribution is 2.33. The third kappa shape index (κ3) is 2.98. The molecule has 0 atom stereocenters. The van der Waals surface area contributed by atoms with Crippen molar-refractivity contribution in [2.24, 2.45) is 7.05 Å². The van der Waals surface area contributed by atoms with Crippen molar-refractivity contribution < 1.29 is 9.90 Å². The van der Waals surface area contributed by atoms with Gasteiger partial charge in [-0.05, 0) is 11.5 Å². The number of hydrogen-bond donors (Lipinski definition) is 1. The van der Waals surface area contributed by atoms with Crippen molar-refractivity contribution in [3.63, 3.8) is 0 Å². The fraction of sp³-hybridized carbons (Fsp3) is 0.545. The number of carboxylic acids is 1. The van der Waals surface area contributed by atoms with Crippen LogP contribution in [0.4, 0.5) is 0 Å². The lowest BCUT2D eigenvalue weighted by Crippen LogP contribution is -2.13. The van der Waals surface area contributed by atoms with Crippen LogP contribution in [0, 0.1) is 0 Å². The molecule has 0 aliphatic carbocycles. The van der Waals surface area contributed by atoms with Crippen LogP contribution in [-0.2, 0) is 17.3 Å². The third-order valence-corrected chi connectivity index (χ3v) is 4.29. The third-order valence-electron chi connectivity index (χ3n) is 2.56. The summed E-state index contributed by atoms with van der Waals surface area (Å²) < 4.78 is 5.78. The van der Waals surface area contributed by atoms with Crippen LogP contribution >= 0.6 is 23.3 Å². The van der Waals surface area contributed by atoms with Crippen molar-refractivity contribution >= 4 is 29.3 Å². The van der Waals surface area contributed by atoms with Gasteiger partial charge in [0.25, 0.3) is 0 Å². The second-order valence-electron chi connectivity index (χ2n) is 5.25. The van der Waals surface area contributed by atoms with Crippen molar-refractivity contribution in [1.29, 1.82) is 0 Å². The zero-order valence-electron chi connectivity index (χ0n) is 11.6. The van der Waals surface area contributed by atoms with E-state index in [1.165, 1.54) is 11.5 Å². The SMILES string of the molecule is Cn1c(SCC(=O)O)nnc1-c1snnc1C(C)(C)C. The van der Waals surface area contributed by atoms with Gasteiger partial charge in [-0.15, -0.1) is 15.3 Å². The molecule has 0 spiro atoms. The Kier molecular flexibility index (Phi) is 4.09. The van der Waals surface area contributed by atoms with Gasteiger partial charge in [0.1, 0.15) is 4.88 Å². The minimum absolute atomic E-state index is 0.0426. The number of thioether (sulfide) groups is 1. The maximum absolute atomic E-state index is 10.6. The highest BCUT2D eigenvalue weighted by molar-refractivity contribution is 7.99. The molecule has 2 heterocycles. The average Bonchev–Trinajstić information content (AvgIpc) is 2.92. The quantitative estimate of drug-likeness (QED) is 0.860. The lowest BCUT2D eigenvalue weighted by atomic mass is 9.91. The molecule has 0 fully saturated rings. The first kappa shape index (κ1) is 14.9. The number of aliphatic carboxylic acids is 1. The van der Waals surface area contributed by atoms with Crippen LogP contribution in [0.25, 0.3) is 10.7 Å². The van der Waals surface area contributed by atoms with Crippen molar-refractivity contribution in [1.82, 2.24) is 24.4 Å². The van der Waals surface area contributed by atoms with Gasteiger partial charge in [-0.2, -0.15) is 0 Å². The fourth-order valence-corrected chi connectivity index (χ4v) is 3.12. The van der Waals surface area contributed by atoms with Crippen LogP contribution in [0.15, 0.2) is 5.16 Å². The number of carboxylic acid groups (broad SMARTS) is 1. The van der Waals surface area contributed by atoms with Gasteiger partial charge in [0.2, 0.25) is 0 Å². The minimum atomic E-state index is -0.880. The molecule has 0 saturated heterocycles. The second kappa shape index (κ2) is 5.49. The van der Waals surface area contributed by atoms with Crippen LogP contribution < -0.4 is 0 Å². The van der Waals surface area contributed by atoms with Crippen molar-refractivity contribution in [2.45, 2.75) is 31.3 Å². The first-order chi connectivity index (χ1) is 9.30. The zero-order valence-corrected chi connectivity index (χ0v) is 13.2. The number of carbonyl (C=O) groups is 1. The van der Waals surface area contributed by atoms with Crippen molar-refractivity contribution in [2.75, 3.05) is 5.75 Å². The predicted molar refractivity (Wildman–Crippen MR) is 77.0 cm³/mol. The largest absolute Gasteiger partial charge is 0.481 e. The topological polar surface area (TPSA) is 93.8 Å². The molecule has 0 aliphatic heterocycles. The summed E-state index contributed by atoms with van der Waals surface area (Å²) in [5.74, 6) is -0.258. The molecule has 108 valence electrons. The summed E-state index contributed by atoms with van der Waals surface area (Å²) in [6.07, 6.45) is 0. The smallest absolute Gasteiger partial charge is 0.313 e. The van der Waals surface area contributed by atoms with E-state index in [-0.39, 0.29) is 11.2 Å². The molecule has 0 saturated carbocycles. The number of aromatic nitrogens is 5. The fourth-order valence-electron chi connectivity index (χ4n) is 1.59. The molecule has 0 bridgehead atoms. The number of hydrogen-bond acceptors (Lipinski definition) is 7. The van der Waals surface area contributed by atoms with Gasteiger partial charge in [-0.25, -0.2) is 0 Å². The van der Waals surface area contributed by atoms with E-state index in [0.717, 1.165) is 22.3 Å². The summed E-state index contributed by atoms with van der Waals surface area (Å²) in [7, 11) is 1.81. The summed E-state index contributed by atoms with van der Waals surface area (Å²) >= 11 is 2.41. The Labute approximate surface area is 124 Å². The predicted octanol–water partition coefficient (Wildman–Crippen LogP) is 1.81. The Morgan fingerprint density at radius 1 is 1.35 bits per heavy atom. The van der Waals surface area contributed by atoms with Gasteiger partial charge < -0.3 is 9.67 Å². The van der Waals surface area contributed by atoms with E-state index < -0.39 is 5.97 Å². The van der Waals surface area contributed by atoms with Crippen molar-refractivity contribution in [3.05, 3.63) is 5.69 Å². The van der Waals surface area contributed by atoms with Crippen LogP contribution in [0.5, 0.6) is 0 Å². The van der Waals surface area contributed by atoms with E-state index in [0.29, 0.717) is 11.0 Å². The lowest BCUT2D eigenvalue weighted by Gasteiger charge is -2.16. The molecule has 2 aromatic rings. The summed E-state index contributed by atoms with van der Waals surface area (Å²) in [5.41, 5.74) is 0.732. The Hall–Kier alpha value is -1.48. The van der Waals surface area contributed by atoms with E-state index in [2.05, 4.69) is 40.6 Å². The summed E-state index contributed by atoms with van der Waals surface area (Å²) in [4.78, 5) is 11.5. The van der Waals surface area contributed by atoms with E-state index >= 15 is 0 Å². The first-order valence-corrected chi connectivity index (χ1v) is 7.64. The maximum Gasteiger partial charge on any atom is 0.313 e. The molecular formula is C11H15N5O2S2. The first-order valence-electron chi connectivity index (χ1n) is 5.88. The van der Waals surface area contributed by atoms with Gasteiger partial charge in [-0.3, -0.25) is 4.79 Å². The van der Waals surface area contributed by atoms with Gasteiger partial charge in [0.15, 0.2) is 11.0 Å². The van der Waals surface area contributed by atoms with Gasteiger partial charge in [0, 0.05) is 12.5 Å². The zero-order chi connectivity index (χ0) is 14.9. The molecule has 20 heavy (non-hydrogen) atoms. The van der Waals surface area contributed by atoms with Gasteiger partial charge in [0.05, 0.1) is 11.4 Å². The highest BCUT2D eigenvalue weighted by Gasteiger charge is 2.26. The monoisotopic (exact) mass is 313 g/mol. The molecule has 0 radical (unpaired) electrons. The minimum Gasteiger partial charge on any atom is -0.481 e. The van der Waals surface area contributed by atoms with Crippen LogP contribution in [0.1, 0.15) is 26.5 Å². The Morgan fingerprint density at radius 3 is 2.65 bits per heavy atom. The lowest BCUT2D eigenvalue weighted by molar-refractivity contribution is -0.133. The highest BCUT2D eigenvalue weighted by atomic mass is 32.2. The Balaban J connectivity index is 2.35. The standard InChI is InChI=1S/C11H15N5O2S2/c1-11(2,3)8-7(20-15-12-8)9-13-14-10(16(9)4)19-5-6(17)18/h5H2,1-4H3,(H,17,18). The second-order valence-corrected chi connectivity index (χ2v) is 6.94. The Morgan fingerprint density at radius 2 is 2.05 bits per heavy atom. The molecule has 0 amide bonds. The Bertz CT molecular complexity index is 629. The molecule has 2 aromatic heterocycles. The molecule has 0 aliphatic rings. The molecule has 0 aromatic carbocycles. The van der Waals surface area contributed by atoms with Crippen LogP contribution in [0.2, 0.25) is 0 Å². The average molecular weight is 313 g/mol. The van der Waals surface area contributed by atoms with E-state index in [9.17, 15) is 4.79 Å². The van der Waals surface area contributed by atoms with Gasteiger partial charge >= 0.3 is 5.97 Å². The van der Waals surface area contributed by atoms with E-state index in [1.54, 1.807) is 4.57 Å².